The van der Waals surface area contributed by atoms with Gasteiger partial charge in [-0.3, -0.25) is 0 Å². The van der Waals surface area contributed by atoms with Gasteiger partial charge in [-0.15, -0.1) is 0 Å². The highest BCUT2D eigenvalue weighted by Crippen LogP contribution is 2.61. The molecule has 0 spiro atoms. The fourth-order valence-corrected chi connectivity index (χ4v) is 4.87. The molecule has 3 aliphatic rings. The molecule has 2 saturated carbocycles. The molecule has 0 radical (unpaired) electrons. The van der Waals surface area contributed by atoms with Crippen LogP contribution in [-0.2, 0) is 14.9 Å². The van der Waals surface area contributed by atoms with Crippen molar-refractivity contribution >= 4 is 6.09 Å². The zero-order valence-corrected chi connectivity index (χ0v) is 15.4. The van der Waals surface area contributed by atoms with E-state index < -0.39 is 0 Å². The van der Waals surface area contributed by atoms with Crippen LogP contribution in [0.3, 0.4) is 0 Å². The van der Waals surface area contributed by atoms with Gasteiger partial charge in [-0.25, -0.2) is 19.2 Å². The van der Waals surface area contributed by atoms with E-state index in [-0.39, 0.29) is 35.5 Å². The maximum absolute atomic E-state index is 13.1. The highest BCUT2D eigenvalue weighted by atomic mass is 19.1. The van der Waals surface area contributed by atoms with Gasteiger partial charge in [-0.05, 0) is 51.4 Å². The van der Waals surface area contributed by atoms with Gasteiger partial charge in [0.05, 0.1) is 38.3 Å². The molecule has 7 heteroatoms. The Kier molecular flexibility index (Phi) is 4.59. The van der Waals surface area contributed by atoms with Crippen molar-refractivity contribution in [2.75, 3.05) is 13.7 Å². The number of fused-ring (bicyclic) bond motifs is 1. The number of aromatic nitrogens is 2. The van der Waals surface area contributed by atoms with Gasteiger partial charge in [0.25, 0.3) is 0 Å². The van der Waals surface area contributed by atoms with Gasteiger partial charge in [0.2, 0.25) is 0 Å². The summed E-state index contributed by atoms with van der Waals surface area (Å²) >= 11 is 0. The van der Waals surface area contributed by atoms with Crippen LogP contribution in [0, 0.1) is 11.7 Å². The molecule has 142 valence electrons. The van der Waals surface area contributed by atoms with Crippen molar-refractivity contribution in [3.63, 3.8) is 0 Å². The van der Waals surface area contributed by atoms with E-state index in [4.69, 9.17) is 9.47 Å². The molecular formula is C19H26FN3O3. The van der Waals surface area contributed by atoms with E-state index in [0.717, 1.165) is 44.3 Å². The largest absolute Gasteiger partial charge is 0.453 e. The highest BCUT2D eigenvalue weighted by molar-refractivity contribution is 5.68. The molecule has 6 nitrogen and oxygen atoms in total. The first-order valence-corrected chi connectivity index (χ1v) is 9.49. The van der Waals surface area contributed by atoms with E-state index in [1.807, 2.05) is 4.90 Å². The number of methoxy groups -OCH3 is 1. The highest BCUT2D eigenvalue weighted by Gasteiger charge is 2.60. The maximum atomic E-state index is 13.1. The molecule has 26 heavy (non-hydrogen) atoms. The van der Waals surface area contributed by atoms with E-state index in [1.54, 1.807) is 0 Å². The van der Waals surface area contributed by atoms with Crippen molar-refractivity contribution in [2.45, 2.75) is 69.1 Å². The van der Waals surface area contributed by atoms with Crippen LogP contribution in [0.15, 0.2) is 12.4 Å². The third kappa shape index (κ3) is 3.06. The number of hydrogen-bond acceptors (Lipinski definition) is 5. The Morgan fingerprint density at radius 2 is 2.12 bits per heavy atom. The lowest BCUT2D eigenvalue weighted by Crippen LogP contribution is -2.43. The summed E-state index contributed by atoms with van der Waals surface area (Å²) in [6, 6.07) is 0.304. The molecule has 2 unspecified atom stereocenters. The molecule has 1 aromatic rings. The number of halogens is 1. The van der Waals surface area contributed by atoms with E-state index >= 15 is 0 Å². The zero-order chi connectivity index (χ0) is 18.3. The monoisotopic (exact) mass is 363 g/mol. The smallest absolute Gasteiger partial charge is 0.410 e. The van der Waals surface area contributed by atoms with Crippen LogP contribution in [-0.4, -0.2) is 52.9 Å². The lowest BCUT2D eigenvalue weighted by molar-refractivity contribution is -0.00748. The number of carbonyl (C=O) groups is 1. The summed E-state index contributed by atoms with van der Waals surface area (Å²) in [7, 11) is 1.43. The zero-order valence-electron chi connectivity index (χ0n) is 15.4. The van der Waals surface area contributed by atoms with E-state index in [1.165, 1.54) is 19.5 Å². The lowest BCUT2D eigenvalue weighted by atomic mass is 9.86. The fourth-order valence-electron chi connectivity index (χ4n) is 4.87. The van der Waals surface area contributed by atoms with Crippen molar-refractivity contribution in [3.8, 4) is 0 Å². The normalized spacial score (nSPS) is 35.9. The first kappa shape index (κ1) is 17.6. The van der Waals surface area contributed by atoms with Crippen molar-refractivity contribution in [1.29, 1.82) is 0 Å². The van der Waals surface area contributed by atoms with Crippen LogP contribution in [0.5, 0.6) is 0 Å². The van der Waals surface area contributed by atoms with Crippen LogP contribution < -0.4 is 0 Å². The molecule has 5 atom stereocenters. The van der Waals surface area contributed by atoms with Gasteiger partial charge in [0.1, 0.15) is 5.82 Å². The molecule has 1 saturated heterocycles. The first-order chi connectivity index (χ1) is 12.5. The molecule has 0 bridgehead atoms. The molecule has 0 aromatic carbocycles. The second-order valence-electron chi connectivity index (χ2n) is 7.97. The lowest BCUT2D eigenvalue weighted by Gasteiger charge is -2.31. The van der Waals surface area contributed by atoms with Gasteiger partial charge < -0.3 is 14.4 Å². The molecule has 1 aliphatic heterocycles. The van der Waals surface area contributed by atoms with Crippen LogP contribution >= 0.6 is 0 Å². The number of nitrogens with zero attached hydrogens (tertiary/aromatic N) is 3. The third-order valence-corrected chi connectivity index (χ3v) is 6.45. The Morgan fingerprint density at radius 3 is 2.81 bits per heavy atom. The Morgan fingerprint density at radius 1 is 1.35 bits per heavy atom. The number of rotatable bonds is 4. The van der Waals surface area contributed by atoms with Gasteiger partial charge in [-0.1, -0.05) is 0 Å². The maximum Gasteiger partial charge on any atom is 0.410 e. The molecule has 1 amide bonds. The average molecular weight is 363 g/mol. The Balaban J connectivity index is 1.31. The number of amides is 1. The summed E-state index contributed by atoms with van der Waals surface area (Å²) in [5, 5.41) is 0. The second kappa shape index (κ2) is 6.76. The first-order valence-electron chi connectivity index (χ1n) is 9.49. The fraction of sp³-hybridized carbons (Fsp3) is 0.737. The van der Waals surface area contributed by atoms with Crippen LogP contribution in [0.1, 0.15) is 51.3 Å². The molecule has 1 aromatic heterocycles. The predicted octanol–water partition coefficient (Wildman–Crippen LogP) is 3.06. The Bertz CT molecular complexity index is 670. The van der Waals surface area contributed by atoms with Gasteiger partial charge in [-0.2, -0.15) is 0 Å². The number of carbonyl (C=O) groups excluding carboxylic acids is 1. The summed E-state index contributed by atoms with van der Waals surface area (Å²) in [6.45, 7) is 2.62. The van der Waals surface area contributed by atoms with Crippen molar-refractivity contribution in [3.05, 3.63) is 24.0 Å². The topological polar surface area (TPSA) is 64.5 Å². The van der Waals surface area contributed by atoms with Crippen LogP contribution in [0.25, 0.3) is 0 Å². The summed E-state index contributed by atoms with van der Waals surface area (Å²) in [6.07, 6.45) is 8.41. The van der Waals surface area contributed by atoms with E-state index in [2.05, 4.69) is 16.9 Å². The second-order valence-corrected chi connectivity index (χ2v) is 7.97. The molecule has 0 N–H and O–H groups in total. The standard InChI is InChI=1S/C19H26FN3O3/c1-12-3-4-15(23(12)18(24)25-2)11-26-16-5-6-19(8-13(19)7-16)17-21-9-14(20)10-22-17/h9-10,12-13,15-16H,3-8,11H2,1-2H3/t12?,13-,15?,16+,19-/m1/s1. The number of likely N-dealkylation sites (tertiary alicyclic amines) is 1. The molecular weight excluding hydrogens is 337 g/mol. The molecule has 2 heterocycles. The van der Waals surface area contributed by atoms with Crippen LogP contribution in [0.2, 0.25) is 0 Å². The minimum atomic E-state index is -0.389. The minimum Gasteiger partial charge on any atom is -0.453 e. The molecule has 3 fully saturated rings. The number of hydrogen-bond donors (Lipinski definition) is 0. The Hall–Kier alpha value is -1.76. The third-order valence-electron chi connectivity index (χ3n) is 6.45. The van der Waals surface area contributed by atoms with Crippen molar-refractivity contribution in [1.82, 2.24) is 14.9 Å². The van der Waals surface area contributed by atoms with Crippen molar-refractivity contribution in [2.24, 2.45) is 5.92 Å². The average Bonchev–Trinajstić information content (AvgIpc) is 3.27. The van der Waals surface area contributed by atoms with Gasteiger partial charge >= 0.3 is 6.09 Å². The summed E-state index contributed by atoms with van der Waals surface area (Å²) < 4.78 is 24.2. The SMILES string of the molecule is COC(=O)N1C(C)CCC1CO[C@H]1CC[C@@]2(c3ncc(F)cn3)C[C@H]2C1. The van der Waals surface area contributed by atoms with Crippen LogP contribution in [0.4, 0.5) is 9.18 Å². The van der Waals surface area contributed by atoms with Crippen molar-refractivity contribution < 1.29 is 18.7 Å². The van der Waals surface area contributed by atoms with Gasteiger partial charge in [0.15, 0.2) is 5.82 Å². The summed E-state index contributed by atoms with van der Waals surface area (Å²) in [4.78, 5) is 22.2. The van der Waals surface area contributed by atoms with Gasteiger partial charge in [0, 0.05) is 11.5 Å². The predicted molar refractivity (Wildman–Crippen MR) is 92.1 cm³/mol. The number of ether oxygens (including phenoxy) is 2. The van der Waals surface area contributed by atoms with E-state index in [9.17, 15) is 9.18 Å². The summed E-state index contributed by atoms with van der Waals surface area (Å²) in [5.41, 5.74) is 0.0352. The molecule has 2 aliphatic carbocycles. The Labute approximate surface area is 153 Å². The quantitative estimate of drug-likeness (QED) is 0.823. The summed E-state index contributed by atoms with van der Waals surface area (Å²) in [5.74, 6) is 0.912. The minimum absolute atomic E-state index is 0.0352. The molecule has 4 rings (SSSR count). The van der Waals surface area contributed by atoms with E-state index in [0.29, 0.717) is 12.5 Å².